The third-order valence-corrected chi connectivity index (χ3v) is 18.2. The van der Waals surface area contributed by atoms with E-state index in [9.17, 15) is 37.7 Å². The van der Waals surface area contributed by atoms with E-state index >= 15 is 0 Å². The second-order valence-corrected chi connectivity index (χ2v) is 25.0. The van der Waals surface area contributed by atoms with Gasteiger partial charge in [-0.2, -0.15) is 0 Å². The van der Waals surface area contributed by atoms with Crippen molar-refractivity contribution in [2.45, 2.75) is 82.7 Å². The number of anilines is 2. The first-order valence-corrected chi connectivity index (χ1v) is 30.1. The molecule has 3 fully saturated rings. The van der Waals surface area contributed by atoms with Crippen molar-refractivity contribution in [3.05, 3.63) is 152 Å². The molecule has 0 spiro atoms. The maximum absolute atomic E-state index is 14.1. The molecule has 4 aliphatic heterocycles. The lowest BCUT2D eigenvalue weighted by Crippen LogP contribution is -2.52. The van der Waals surface area contributed by atoms with Gasteiger partial charge in [0.15, 0.2) is 0 Å². The van der Waals surface area contributed by atoms with Crippen molar-refractivity contribution in [3.63, 3.8) is 0 Å². The van der Waals surface area contributed by atoms with Crippen LogP contribution in [0.15, 0.2) is 114 Å². The highest BCUT2D eigenvalue weighted by Crippen LogP contribution is 2.44. The number of likely N-dealkylation sites (tertiary alicyclic amines) is 1. The first-order valence-electron chi connectivity index (χ1n) is 28.2. The number of ether oxygens (including phenoxy) is 1. The lowest BCUT2D eigenvalue weighted by Gasteiger charge is -2.39. The molecular weight excluding hydrogens is 1100 g/mol. The van der Waals surface area contributed by atoms with Crippen molar-refractivity contribution in [1.29, 1.82) is 0 Å². The molecule has 1 aliphatic carbocycles. The summed E-state index contributed by atoms with van der Waals surface area (Å²) in [5.74, 6) is 5.11. The summed E-state index contributed by atoms with van der Waals surface area (Å²) in [4.78, 5) is 78.7. The van der Waals surface area contributed by atoms with E-state index in [2.05, 4.69) is 77.8 Å². The van der Waals surface area contributed by atoms with Gasteiger partial charge in [0.05, 0.1) is 21.6 Å². The number of halogens is 1. The fourth-order valence-electron chi connectivity index (χ4n) is 11.9. The zero-order valence-electron chi connectivity index (χ0n) is 46.3. The van der Waals surface area contributed by atoms with Gasteiger partial charge >= 0.3 is 0 Å². The predicted molar refractivity (Wildman–Crippen MR) is 317 cm³/mol. The molecule has 430 valence electrons. The average molecular weight is 1160 g/mol. The van der Waals surface area contributed by atoms with E-state index in [0.717, 1.165) is 105 Å². The zero-order chi connectivity index (χ0) is 58.0. The summed E-state index contributed by atoms with van der Waals surface area (Å²) < 4.78 is 36.4. The molecule has 0 radical (unpaired) electrons. The molecule has 1 unspecified atom stereocenters. The number of imide groups is 1. The van der Waals surface area contributed by atoms with Gasteiger partial charge in [-0.05, 0) is 146 Å². The minimum atomic E-state index is -4.63. The van der Waals surface area contributed by atoms with Crippen LogP contribution in [0.25, 0.3) is 16.6 Å². The summed E-state index contributed by atoms with van der Waals surface area (Å²) >= 11 is 6.27. The summed E-state index contributed by atoms with van der Waals surface area (Å²) in [7, 11) is -4.63. The largest absolute Gasteiger partial charge is 0.455 e. The lowest BCUT2D eigenvalue weighted by molar-refractivity contribution is -0.384. The fourth-order valence-corrected chi connectivity index (χ4v) is 13.0. The van der Waals surface area contributed by atoms with Crippen molar-refractivity contribution in [1.82, 2.24) is 34.7 Å². The number of nitrogens with one attached hydrogen (secondary N) is 4. The number of nitrogens with zero attached hydrogens (tertiary/aromatic N) is 6. The summed E-state index contributed by atoms with van der Waals surface area (Å²) in [5.41, 5.74) is 7.49. The van der Waals surface area contributed by atoms with Crippen LogP contribution < -0.4 is 25.0 Å². The van der Waals surface area contributed by atoms with Crippen LogP contribution in [-0.4, -0.2) is 127 Å². The van der Waals surface area contributed by atoms with E-state index in [0.29, 0.717) is 49.4 Å². The number of H-pyrrole nitrogens is 1. The van der Waals surface area contributed by atoms with Crippen molar-refractivity contribution in [2.75, 3.05) is 69.1 Å². The van der Waals surface area contributed by atoms with Gasteiger partial charge in [0.1, 0.15) is 28.9 Å². The lowest BCUT2D eigenvalue weighted by atomic mass is 9.72. The molecule has 3 saturated heterocycles. The van der Waals surface area contributed by atoms with Gasteiger partial charge < -0.3 is 29.7 Å². The molecule has 6 aromatic rings. The molecule has 1 atom stereocenters. The van der Waals surface area contributed by atoms with Gasteiger partial charge in [-0.25, -0.2) is 18.1 Å². The molecule has 19 nitrogen and oxygen atoms in total. The Balaban J connectivity index is 0.697. The molecular formula is C62H65ClN10O9S. The monoisotopic (exact) mass is 1160 g/mol. The van der Waals surface area contributed by atoms with Crippen molar-refractivity contribution >= 4 is 78.9 Å². The molecule has 5 aliphatic rings. The molecule has 4 aromatic carbocycles. The van der Waals surface area contributed by atoms with E-state index in [1.54, 1.807) is 36.5 Å². The highest BCUT2D eigenvalue weighted by atomic mass is 35.5. The molecule has 11 rings (SSSR count). The minimum Gasteiger partial charge on any atom is -0.455 e. The first-order chi connectivity index (χ1) is 39.9. The number of piperazine rings is 1. The molecule has 4 N–H and O–H groups in total. The Morgan fingerprint density at radius 2 is 1.71 bits per heavy atom. The zero-order valence-corrected chi connectivity index (χ0v) is 47.9. The highest BCUT2D eigenvalue weighted by molar-refractivity contribution is 7.90. The normalized spacial score (nSPS) is 18.8. The maximum Gasteiger partial charge on any atom is 0.293 e. The van der Waals surface area contributed by atoms with E-state index in [4.69, 9.17) is 16.3 Å². The Labute approximate surface area is 487 Å². The number of carbonyl (C=O) groups is 4. The number of benzene rings is 4. The average Bonchev–Trinajstić information content (AvgIpc) is 4.26. The Morgan fingerprint density at radius 3 is 2.48 bits per heavy atom. The van der Waals surface area contributed by atoms with Crippen molar-refractivity contribution in [2.24, 2.45) is 11.3 Å². The van der Waals surface area contributed by atoms with Crippen molar-refractivity contribution < 1.29 is 37.3 Å². The number of aromatic amines is 1. The Hall–Kier alpha value is -8.09. The van der Waals surface area contributed by atoms with Crippen LogP contribution in [0.1, 0.15) is 103 Å². The summed E-state index contributed by atoms with van der Waals surface area (Å²) in [6, 6.07) is 25.1. The standard InChI is InChI=1S/C62H65ClN10O9S/c1-62(2)22-18-44(52(35-62)42-7-9-46(63)10-8-42)38-70-27-29-71(30-28-70)47-11-14-51(56(33-47)82-48-32-43-19-23-64-58(43)66-37-48)59(75)68-83(80,81)49-12-15-53(55(34-49)73(78)79)65-36-41-20-25-69(26-21-41)24-4-3-5-40-6-13-50-45(31-40)39-72(61(50)77)54-16-17-57(74)67-60(54)76/h6-15,19,23,31-34,37,41,54,65H,4,16-18,20-22,24-30,35-36,38-39H2,1-2H3,(H,64,66)(H,68,75)(H,67,74,76). The third-order valence-electron chi connectivity index (χ3n) is 16.6. The van der Waals surface area contributed by atoms with Gasteiger partial charge in [-0.1, -0.05) is 55.0 Å². The van der Waals surface area contributed by atoms with Gasteiger partial charge in [-0.15, -0.1) is 0 Å². The number of rotatable bonds is 16. The first kappa shape index (κ1) is 56.8. The third kappa shape index (κ3) is 13.1. The van der Waals surface area contributed by atoms with E-state index in [1.165, 1.54) is 46.0 Å². The van der Waals surface area contributed by atoms with E-state index < -0.39 is 43.4 Å². The van der Waals surface area contributed by atoms with E-state index in [1.807, 2.05) is 24.3 Å². The maximum atomic E-state index is 14.1. The quantitative estimate of drug-likeness (QED) is 0.0306. The number of amides is 4. The number of hydrogen-bond donors (Lipinski definition) is 4. The summed E-state index contributed by atoms with van der Waals surface area (Å²) in [5, 5.41) is 19.5. The van der Waals surface area contributed by atoms with Crippen LogP contribution in [0.4, 0.5) is 17.1 Å². The van der Waals surface area contributed by atoms with Crippen LogP contribution in [-0.2, 0) is 26.2 Å². The Kier molecular flexibility index (Phi) is 16.4. The number of sulfonamides is 1. The SMILES string of the molecule is CC1(C)CCC(CN2CCN(c3ccc(C(=O)NS(=O)(=O)c4ccc(NCC5CCN(CCC#Cc6ccc7c(c6)CN(C6CCC(=O)NC6=O)C7=O)CC5)c([N+](=O)[O-])c4)c(Oc4cnc5[nH]ccc5c4)c3)CC2)=C(c2ccc(Cl)cc2)C1. The smallest absolute Gasteiger partial charge is 0.293 e. The number of nitro groups is 1. The fraction of sp³-hybridized carbons (Fsp3) is 0.371. The second-order valence-electron chi connectivity index (χ2n) is 22.9. The van der Waals surface area contributed by atoms with Crippen LogP contribution in [0.3, 0.4) is 0 Å². The minimum absolute atomic E-state index is 0.0591. The number of pyridine rings is 1. The van der Waals surface area contributed by atoms with Gasteiger partial charge in [0.2, 0.25) is 11.8 Å². The molecule has 4 amide bonds. The molecule has 21 heteroatoms. The number of allylic oxidation sites excluding steroid dienone is 1. The van der Waals surface area contributed by atoms with Crippen LogP contribution in [0.5, 0.6) is 11.5 Å². The predicted octanol–water partition coefficient (Wildman–Crippen LogP) is 9.15. The van der Waals surface area contributed by atoms with Crippen LogP contribution >= 0.6 is 11.6 Å². The Bertz CT molecular complexity index is 3740. The second kappa shape index (κ2) is 24.0. The molecule has 2 aromatic heterocycles. The summed E-state index contributed by atoms with van der Waals surface area (Å²) in [6.45, 7) is 11.6. The molecule has 0 bridgehead atoms. The van der Waals surface area contributed by atoms with Gasteiger partial charge in [0.25, 0.3) is 27.5 Å². The molecule has 6 heterocycles. The highest BCUT2D eigenvalue weighted by Gasteiger charge is 2.39. The van der Waals surface area contributed by atoms with Crippen LogP contribution in [0.2, 0.25) is 5.02 Å². The van der Waals surface area contributed by atoms with Gasteiger partial charge in [-0.3, -0.25) is 39.5 Å². The molecule has 83 heavy (non-hydrogen) atoms. The number of hydrogen-bond acceptors (Lipinski definition) is 14. The molecule has 0 saturated carbocycles. The van der Waals surface area contributed by atoms with Gasteiger partial charge in [0, 0.05) is 111 Å². The summed E-state index contributed by atoms with van der Waals surface area (Å²) in [6.07, 6.45) is 9.21. The van der Waals surface area contributed by atoms with Crippen LogP contribution in [0, 0.1) is 33.3 Å². The number of piperidine rings is 2. The number of carbonyl (C=O) groups excluding carboxylic acids is 4. The van der Waals surface area contributed by atoms with E-state index in [-0.39, 0.29) is 53.1 Å². The number of aromatic nitrogens is 2. The van der Waals surface area contributed by atoms with Crippen molar-refractivity contribution in [3.8, 4) is 23.3 Å². The number of fused-ring (bicyclic) bond motifs is 2. The Morgan fingerprint density at radius 1 is 0.916 bits per heavy atom. The topological polar surface area (TPSA) is 233 Å². The number of nitro benzene ring substituents is 1.